The summed E-state index contributed by atoms with van der Waals surface area (Å²) >= 11 is 5.83. The van der Waals surface area contributed by atoms with Gasteiger partial charge in [-0.15, -0.1) is 0 Å². The van der Waals surface area contributed by atoms with Crippen LogP contribution in [0.4, 0.5) is 10.1 Å². The van der Waals surface area contributed by atoms with E-state index in [2.05, 4.69) is 10.6 Å². The zero-order valence-electron chi connectivity index (χ0n) is 8.47. The number of amides is 1. The number of carbonyl (C=O) groups excluding carboxylic acids is 1. The molecule has 0 aliphatic rings. The summed E-state index contributed by atoms with van der Waals surface area (Å²) in [6, 6.07) is 3.49. The van der Waals surface area contributed by atoms with Crippen molar-refractivity contribution in [1.29, 1.82) is 0 Å². The van der Waals surface area contributed by atoms with Crippen molar-refractivity contribution in [1.82, 2.24) is 5.32 Å². The van der Waals surface area contributed by atoms with Crippen molar-refractivity contribution in [3.05, 3.63) is 29.0 Å². The van der Waals surface area contributed by atoms with Crippen LogP contribution in [0, 0.1) is 5.82 Å². The standard InChI is InChI=1S/C10H12ClFN2O/c1-6(10(15)13-2)14-9-5-7(12)3-4-8(9)11/h3-6,14H,1-2H3,(H,13,15). The predicted molar refractivity (Wildman–Crippen MR) is 58.6 cm³/mol. The van der Waals surface area contributed by atoms with E-state index in [0.717, 1.165) is 0 Å². The molecule has 15 heavy (non-hydrogen) atoms. The molecule has 1 aromatic rings. The summed E-state index contributed by atoms with van der Waals surface area (Å²) in [4.78, 5) is 11.2. The number of nitrogens with one attached hydrogen (secondary N) is 2. The van der Waals surface area contributed by atoms with E-state index < -0.39 is 11.9 Å². The van der Waals surface area contributed by atoms with Gasteiger partial charge in [0.2, 0.25) is 5.91 Å². The topological polar surface area (TPSA) is 41.1 Å². The lowest BCUT2D eigenvalue weighted by molar-refractivity contribution is -0.121. The average Bonchev–Trinajstić information content (AvgIpc) is 2.22. The van der Waals surface area contributed by atoms with E-state index in [1.807, 2.05) is 0 Å². The van der Waals surface area contributed by atoms with Gasteiger partial charge in [-0.1, -0.05) is 11.6 Å². The molecule has 0 saturated carbocycles. The highest BCUT2D eigenvalue weighted by atomic mass is 35.5. The lowest BCUT2D eigenvalue weighted by atomic mass is 10.2. The zero-order chi connectivity index (χ0) is 11.4. The summed E-state index contributed by atoms with van der Waals surface area (Å²) in [6.45, 7) is 1.67. The van der Waals surface area contributed by atoms with E-state index in [9.17, 15) is 9.18 Å². The summed E-state index contributed by atoms with van der Waals surface area (Å²) < 4.78 is 12.9. The Labute approximate surface area is 92.6 Å². The molecule has 1 aromatic carbocycles. The number of carbonyl (C=O) groups is 1. The normalized spacial score (nSPS) is 12.0. The van der Waals surface area contributed by atoms with Crippen molar-refractivity contribution in [3.63, 3.8) is 0 Å². The monoisotopic (exact) mass is 230 g/mol. The number of hydrogen-bond donors (Lipinski definition) is 2. The lowest BCUT2D eigenvalue weighted by Gasteiger charge is -2.14. The third-order valence-electron chi connectivity index (χ3n) is 1.94. The van der Waals surface area contributed by atoms with Gasteiger partial charge in [0.1, 0.15) is 11.9 Å². The Bertz CT molecular complexity index is 370. The third kappa shape index (κ3) is 3.09. The maximum Gasteiger partial charge on any atom is 0.241 e. The van der Waals surface area contributed by atoms with Crippen molar-refractivity contribution in [2.75, 3.05) is 12.4 Å². The number of rotatable bonds is 3. The molecule has 0 aliphatic carbocycles. The molecule has 1 unspecified atom stereocenters. The molecule has 0 aromatic heterocycles. The highest BCUT2D eigenvalue weighted by Gasteiger charge is 2.12. The highest BCUT2D eigenvalue weighted by molar-refractivity contribution is 6.33. The Hall–Kier alpha value is -1.29. The van der Waals surface area contributed by atoms with E-state index >= 15 is 0 Å². The first-order valence-corrected chi connectivity index (χ1v) is 4.85. The van der Waals surface area contributed by atoms with Crippen LogP contribution in [-0.4, -0.2) is 19.0 Å². The van der Waals surface area contributed by atoms with Crippen LogP contribution in [-0.2, 0) is 4.79 Å². The Balaban J connectivity index is 2.80. The second kappa shape index (κ2) is 4.98. The summed E-state index contributed by atoms with van der Waals surface area (Å²) in [5, 5.41) is 5.68. The molecule has 82 valence electrons. The minimum Gasteiger partial charge on any atom is -0.373 e. The first-order valence-electron chi connectivity index (χ1n) is 4.47. The molecule has 0 bridgehead atoms. The van der Waals surface area contributed by atoms with Crippen LogP contribution in [0.5, 0.6) is 0 Å². The number of likely N-dealkylation sites (N-methyl/N-ethyl adjacent to an activating group) is 1. The number of anilines is 1. The third-order valence-corrected chi connectivity index (χ3v) is 2.27. The Kier molecular flexibility index (Phi) is 3.91. The highest BCUT2D eigenvalue weighted by Crippen LogP contribution is 2.22. The molecule has 0 aliphatic heterocycles. The number of benzene rings is 1. The summed E-state index contributed by atoms with van der Waals surface area (Å²) in [6.07, 6.45) is 0. The van der Waals surface area contributed by atoms with Crippen LogP contribution in [0.1, 0.15) is 6.92 Å². The van der Waals surface area contributed by atoms with E-state index in [1.54, 1.807) is 6.92 Å². The van der Waals surface area contributed by atoms with Crippen LogP contribution in [0.25, 0.3) is 0 Å². The molecular formula is C10H12ClFN2O. The van der Waals surface area contributed by atoms with Crippen LogP contribution < -0.4 is 10.6 Å². The summed E-state index contributed by atoms with van der Waals surface area (Å²) in [7, 11) is 1.54. The molecule has 1 amide bonds. The van der Waals surface area contributed by atoms with E-state index in [4.69, 9.17) is 11.6 Å². The summed E-state index contributed by atoms with van der Waals surface area (Å²) in [5.41, 5.74) is 0.410. The van der Waals surface area contributed by atoms with Gasteiger partial charge in [-0.25, -0.2) is 4.39 Å². The largest absolute Gasteiger partial charge is 0.373 e. The average molecular weight is 231 g/mol. The fourth-order valence-corrected chi connectivity index (χ4v) is 1.30. The molecule has 1 atom stereocenters. The maximum absolute atomic E-state index is 12.9. The molecule has 2 N–H and O–H groups in total. The van der Waals surface area contributed by atoms with Crippen molar-refractivity contribution in [2.24, 2.45) is 0 Å². The fourth-order valence-electron chi connectivity index (χ4n) is 1.12. The molecule has 1 rings (SSSR count). The summed E-state index contributed by atoms with van der Waals surface area (Å²) in [5.74, 6) is -0.582. The minimum atomic E-state index is -0.464. The van der Waals surface area contributed by atoms with E-state index in [-0.39, 0.29) is 5.91 Å². The van der Waals surface area contributed by atoms with E-state index in [0.29, 0.717) is 10.7 Å². The van der Waals surface area contributed by atoms with Gasteiger partial charge in [-0.3, -0.25) is 4.79 Å². The smallest absolute Gasteiger partial charge is 0.241 e. The first-order chi connectivity index (χ1) is 7.04. The predicted octanol–water partition coefficient (Wildman–Crippen LogP) is 2.03. The van der Waals surface area contributed by atoms with Crippen LogP contribution >= 0.6 is 11.6 Å². The fraction of sp³-hybridized carbons (Fsp3) is 0.300. The molecule has 0 heterocycles. The van der Waals surface area contributed by atoms with Crippen molar-refractivity contribution >= 4 is 23.2 Å². The van der Waals surface area contributed by atoms with E-state index in [1.165, 1.54) is 25.2 Å². The Morgan fingerprint density at radius 3 is 2.80 bits per heavy atom. The van der Waals surface area contributed by atoms with Gasteiger partial charge in [0.05, 0.1) is 10.7 Å². The van der Waals surface area contributed by atoms with Gasteiger partial charge in [0, 0.05) is 7.05 Å². The number of hydrogen-bond acceptors (Lipinski definition) is 2. The van der Waals surface area contributed by atoms with Crippen molar-refractivity contribution in [2.45, 2.75) is 13.0 Å². The Morgan fingerprint density at radius 2 is 2.20 bits per heavy atom. The minimum absolute atomic E-state index is 0.185. The maximum atomic E-state index is 12.9. The Morgan fingerprint density at radius 1 is 1.53 bits per heavy atom. The van der Waals surface area contributed by atoms with Gasteiger partial charge >= 0.3 is 0 Å². The second-order valence-electron chi connectivity index (χ2n) is 3.10. The van der Waals surface area contributed by atoms with Crippen LogP contribution in [0.15, 0.2) is 18.2 Å². The van der Waals surface area contributed by atoms with Gasteiger partial charge in [0.15, 0.2) is 0 Å². The van der Waals surface area contributed by atoms with Gasteiger partial charge in [-0.05, 0) is 25.1 Å². The van der Waals surface area contributed by atoms with Crippen LogP contribution in [0.2, 0.25) is 5.02 Å². The molecule has 0 saturated heterocycles. The molecule has 3 nitrogen and oxygen atoms in total. The van der Waals surface area contributed by atoms with Gasteiger partial charge < -0.3 is 10.6 Å². The molecular weight excluding hydrogens is 219 g/mol. The molecule has 0 spiro atoms. The second-order valence-corrected chi connectivity index (χ2v) is 3.51. The first kappa shape index (κ1) is 11.8. The lowest BCUT2D eigenvalue weighted by Crippen LogP contribution is -2.35. The zero-order valence-corrected chi connectivity index (χ0v) is 9.23. The van der Waals surface area contributed by atoms with Crippen molar-refractivity contribution in [3.8, 4) is 0 Å². The molecule has 0 fully saturated rings. The van der Waals surface area contributed by atoms with Crippen LogP contribution in [0.3, 0.4) is 0 Å². The van der Waals surface area contributed by atoms with Gasteiger partial charge in [0.25, 0.3) is 0 Å². The quantitative estimate of drug-likeness (QED) is 0.834. The van der Waals surface area contributed by atoms with Crippen molar-refractivity contribution < 1.29 is 9.18 Å². The molecule has 5 heteroatoms. The number of halogens is 2. The molecule has 0 radical (unpaired) electrons. The SMILES string of the molecule is CNC(=O)C(C)Nc1cc(F)ccc1Cl. The van der Waals surface area contributed by atoms with Gasteiger partial charge in [-0.2, -0.15) is 0 Å².